The van der Waals surface area contributed by atoms with E-state index in [1.807, 2.05) is 42.3 Å². The second-order valence-corrected chi connectivity index (χ2v) is 6.11. The Balaban J connectivity index is 2.12. The molecule has 130 valence electrons. The molecule has 1 aromatic carbocycles. The van der Waals surface area contributed by atoms with Gasteiger partial charge in [-0.15, -0.1) is 0 Å². The van der Waals surface area contributed by atoms with Crippen molar-refractivity contribution in [1.82, 2.24) is 19.1 Å². The Hall–Kier alpha value is -3.40. The highest BCUT2D eigenvalue weighted by molar-refractivity contribution is 6.07. The highest BCUT2D eigenvalue weighted by atomic mass is 19.1. The first-order valence-electron chi connectivity index (χ1n) is 8.30. The highest BCUT2D eigenvalue weighted by Gasteiger charge is 2.19. The first kappa shape index (κ1) is 16.1. The van der Waals surface area contributed by atoms with Gasteiger partial charge in [0.1, 0.15) is 17.0 Å². The number of aromatic nitrogens is 4. The van der Waals surface area contributed by atoms with Gasteiger partial charge in [0.05, 0.1) is 29.2 Å². The van der Waals surface area contributed by atoms with Crippen LogP contribution in [0.2, 0.25) is 0 Å². The van der Waals surface area contributed by atoms with E-state index in [1.165, 1.54) is 12.1 Å². The van der Waals surface area contributed by atoms with Crippen LogP contribution in [0, 0.1) is 17.1 Å². The van der Waals surface area contributed by atoms with Crippen LogP contribution in [0.3, 0.4) is 0 Å². The van der Waals surface area contributed by atoms with Gasteiger partial charge >= 0.3 is 0 Å². The van der Waals surface area contributed by atoms with Crippen LogP contribution in [0.25, 0.3) is 33.3 Å². The Morgan fingerprint density at radius 3 is 2.77 bits per heavy atom. The summed E-state index contributed by atoms with van der Waals surface area (Å²) in [5.41, 5.74) is 4.32. The third kappa shape index (κ3) is 2.23. The van der Waals surface area contributed by atoms with E-state index in [2.05, 4.69) is 10.3 Å². The van der Waals surface area contributed by atoms with Gasteiger partial charge in [-0.3, -0.25) is 0 Å². The Bertz CT molecular complexity index is 1190. The van der Waals surface area contributed by atoms with Gasteiger partial charge in [0.2, 0.25) is 0 Å². The second kappa shape index (κ2) is 5.85. The largest absolute Gasteiger partial charge is 0.371 e. The first-order valence-corrected chi connectivity index (χ1v) is 8.30. The summed E-state index contributed by atoms with van der Waals surface area (Å²) in [5, 5.41) is 13.2. The Morgan fingerprint density at radius 1 is 1.27 bits per heavy atom. The minimum Gasteiger partial charge on any atom is -0.371 e. The smallest absolute Gasteiger partial charge is 0.156 e. The van der Waals surface area contributed by atoms with E-state index < -0.39 is 5.82 Å². The maximum absolute atomic E-state index is 14.0. The van der Waals surface area contributed by atoms with E-state index in [-0.39, 0.29) is 0 Å². The number of nitrogens with one attached hydrogen (secondary N) is 1. The number of hydrogen-bond donors (Lipinski definition) is 1. The lowest BCUT2D eigenvalue weighted by Gasteiger charge is -2.09. The molecule has 3 heterocycles. The Labute approximate surface area is 149 Å². The molecular weight excluding hydrogens is 331 g/mol. The lowest BCUT2D eigenvalue weighted by molar-refractivity contribution is 0.627. The lowest BCUT2D eigenvalue weighted by Crippen LogP contribution is -2.01. The van der Waals surface area contributed by atoms with E-state index in [0.29, 0.717) is 23.5 Å². The molecule has 0 aliphatic rings. The van der Waals surface area contributed by atoms with Gasteiger partial charge in [0.15, 0.2) is 5.82 Å². The van der Waals surface area contributed by atoms with Crippen molar-refractivity contribution in [3.8, 4) is 17.3 Å². The zero-order valence-electron chi connectivity index (χ0n) is 14.7. The number of hydrogen-bond acceptors (Lipinski definition) is 4. The predicted molar refractivity (Wildman–Crippen MR) is 99.3 cm³/mol. The zero-order valence-corrected chi connectivity index (χ0v) is 14.7. The summed E-state index contributed by atoms with van der Waals surface area (Å²) in [7, 11) is 3.75. The van der Waals surface area contributed by atoms with Crippen LogP contribution in [-0.4, -0.2) is 26.1 Å². The summed E-state index contributed by atoms with van der Waals surface area (Å²) in [6, 6.07) is 8.38. The molecule has 0 unspecified atom stereocenters. The predicted octanol–water partition coefficient (Wildman–Crippen LogP) is 3.66. The number of nitriles is 1. The molecule has 0 radical (unpaired) electrons. The van der Waals surface area contributed by atoms with Gasteiger partial charge < -0.3 is 14.5 Å². The minimum absolute atomic E-state index is 0.294. The van der Waals surface area contributed by atoms with E-state index in [9.17, 15) is 4.39 Å². The van der Waals surface area contributed by atoms with Crippen LogP contribution in [0.5, 0.6) is 0 Å². The molecule has 0 fully saturated rings. The standard InChI is InChI=1S/C19H17FN6/c1-4-26-15(12-5-11(9-21)6-13(20)7-12)8-14-17-16(23-10-25(17)3)18(22-2)24-19(14)26/h5-8,10H,4H2,1-3H3,(H,22,24). The summed E-state index contributed by atoms with van der Waals surface area (Å²) in [5.74, 6) is 0.269. The molecular formula is C19H17FN6. The molecule has 1 N–H and O–H groups in total. The quantitative estimate of drug-likeness (QED) is 0.613. The van der Waals surface area contributed by atoms with Crippen molar-refractivity contribution in [3.05, 3.63) is 42.0 Å². The van der Waals surface area contributed by atoms with Crippen LogP contribution >= 0.6 is 0 Å². The number of benzene rings is 1. The number of rotatable bonds is 3. The molecule has 0 aliphatic carbocycles. The molecule has 4 rings (SSSR count). The summed E-state index contributed by atoms with van der Waals surface area (Å²) in [6.07, 6.45) is 1.76. The van der Waals surface area contributed by atoms with E-state index in [0.717, 1.165) is 27.8 Å². The average Bonchev–Trinajstić information content (AvgIpc) is 3.20. The number of nitrogens with zero attached hydrogens (tertiary/aromatic N) is 5. The fourth-order valence-corrected chi connectivity index (χ4v) is 3.45. The topological polar surface area (TPSA) is 71.5 Å². The number of fused-ring (bicyclic) bond motifs is 3. The molecule has 0 spiro atoms. The molecule has 0 bridgehead atoms. The monoisotopic (exact) mass is 348 g/mol. The summed E-state index contributed by atoms with van der Waals surface area (Å²) < 4.78 is 18.0. The van der Waals surface area contributed by atoms with Crippen molar-refractivity contribution in [2.75, 3.05) is 12.4 Å². The van der Waals surface area contributed by atoms with Crippen molar-refractivity contribution in [2.45, 2.75) is 13.5 Å². The van der Waals surface area contributed by atoms with E-state index in [1.54, 1.807) is 12.4 Å². The number of halogens is 1. The SMILES string of the molecule is CCn1c(-c2cc(F)cc(C#N)c2)cc2c3c(ncn3C)c(NC)nc21. The third-order valence-corrected chi connectivity index (χ3v) is 4.58. The van der Waals surface area contributed by atoms with Gasteiger partial charge in [0.25, 0.3) is 0 Å². The molecule has 7 heteroatoms. The van der Waals surface area contributed by atoms with Crippen LogP contribution < -0.4 is 5.32 Å². The van der Waals surface area contributed by atoms with Crippen molar-refractivity contribution in [2.24, 2.45) is 7.05 Å². The molecule has 6 nitrogen and oxygen atoms in total. The highest BCUT2D eigenvalue weighted by Crippen LogP contribution is 2.34. The van der Waals surface area contributed by atoms with Crippen molar-refractivity contribution in [1.29, 1.82) is 5.26 Å². The maximum Gasteiger partial charge on any atom is 0.156 e. The molecule has 0 atom stereocenters. The Kier molecular flexibility index (Phi) is 3.62. The summed E-state index contributed by atoms with van der Waals surface area (Å²) in [4.78, 5) is 9.18. The Morgan fingerprint density at radius 2 is 2.08 bits per heavy atom. The van der Waals surface area contributed by atoms with Crippen LogP contribution in [0.1, 0.15) is 12.5 Å². The molecule has 0 saturated heterocycles. The number of pyridine rings is 1. The van der Waals surface area contributed by atoms with Gasteiger partial charge in [-0.05, 0) is 31.2 Å². The van der Waals surface area contributed by atoms with Crippen LogP contribution in [0.15, 0.2) is 30.6 Å². The minimum atomic E-state index is -0.429. The molecule has 3 aromatic heterocycles. The molecule has 0 amide bonds. The fourth-order valence-electron chi connectivity index (χ4n) is 3.45. The summed E-state index contributed by atoms with van der Waals surface area (Å²) in [6.45, 7) is 2.68. The van der Waals surface area contributed by atoms with Crippen LogP contribution in [0.4, 0.5) is 10.2 Å². The van der Waals surface area contributed by atoms with Gasteiger partial charge in [-0.1, -0.05) is 0 Å². The van der Waals surface area contributed by atoms with Gasteiger partial charge in [0, 0.05) is 31.6 Å². The zero-order chi connectivity index (χ0) is 18.4. The average molecular weight is 348 g/mol. The molecule has 0 saturated carbocycles. The summed E-state index contributed by atoms with van der Waals surface area (Å²) >= 11 is 0. The van der Waals surface area contributed by atoms with Gasteiger partial charge in [-0.2, -0.15) is 5.26 Å². The van der Waals surface area contributed by atoms with Gasteiger partial charge in [-0.25, -0.2) is 14.4 Å². The van der Waals surface area contributed by atoms with Crippen LogP contribution in [-0.2, 0) is 13.6 Å². The molecule has 0 aliphatic heterocycles. The van der Waals surface area contributed by atoms with E-state index >= 15 is 0 Å². The maximum atomic E-state index is 14.0. The number of anilines is 1. The van der Waals surface area contributed by atoms with Crippen molar-refractivity contribution in [3.63, 3.8) is 0 Å². The lowest BCUT2D eigenvalue weighted by atomic mass is 10.1. The van der Waals surface area contributed by atoms with Crippen molar-refractivity contribution >= 4 is 27.9 Å². The third-order valence-electron chi connectivity index (χ3n) is 4.58. The fraction of sp³-hybridized carbons (Fsp3) is 0.211. The van der Waals surface area contributed by atoms with E-state index in [4.69, 9.17) is 10.2 Å². The second-order valence-electron chi connectivity index (χ2n) is 6.11. The normalized spacial score (nSPS) is 11.2. The number of imidazole rings is 1. The van der Waals surface area contributed by atoms with Crippen molar-refractivity contribution < 1.29 is 4.39 Å². The first-order chi connectivity index (χ1) is 12.6. The number of aryl methyl sites for hydroxylation is 2. The molecule has 4 aromatic rings. The molecule has 26 heavy (non-hydrogen) atoms.